The molecule has 10 heteroatoms. The Labute approximate surface area is 255 Å². The van der Waals surface area contributed by atoms with E-state index in [1.54, 1.807) is 59.3 Å². The number of hydrogen-bond donors (Lipinski definition) is 2. The van der Waals surface area contributed by atoms with Crippen molar-refractivity contribution in [3.8, 4) is 0 Å². The minimum Gasteiger partial charge on any atom is -0.399 e. The van der Waals surface area contributed by atoms with E-state index in [0.29, 0.717) is 11.4 Å². The number of nitrogens with zero attached hydrogens (tertiary/aromatic N) is 4. The molecule has 2 heterocycles. The van der Waals surface area contributed by atoms with Crippen molar-refractivity contribution in [2.24, 2.45) is 0 Å². The van der Waals surface area contributed by atoms with Gasteiger partial charge in [0.1, 0.15) is 0 Å². The van der Waals surface area contributed by atoms with E-state index >= 15 is 0 Å². The van der Waals surface area contributed by atoms with Gasteiger partial charge >= 0.3 is 0 Å². The predicted molar refractivity (Wildman–Crippen MR) is 177 cm³/mol. The molecule has 4 aromatic carbocycles. The number of carbonyl (C=O) groups excluding carboxylic acids is 2. The van der Waals surface area contributed by atoms with Crippen LogP contribution in [0.25, 0.3) is 0 Å². The maximum Gasteiger partial charge on any atom is 0.228 e. The second kappa shape index (κ2) is 11.5. The number of rotatable bonds is 2. The van der Waals surface area contributed by atoms with Crippen LogP contribution in [-0.4, -0.2) is 40.0 Å². The zero-order valence-electron chi connectivity index (χ0n) is 24.5. The first kappa shape index (κ1) is 29.2. The lowest BCUT2D eigenvalue weighted by atomic mass is 10.2. The molecule has 0 unspecified atom stereocenters. The van der Waals surface area contributed by atoms with Crippen LogP contribution in [0.1, 0.15) is 13.8 Å². The number of fused-ring (bicyclic) bond motifs is 4. The smallest absolute Gasteiger partial charge is 0.228 e. The molecule has 0 fully saturated rings. The molecule has 0 atom stereocenters. The van der Waals surface area contributed by atoms with Crippen LogP contribution >= 0.6 is 23.5 Å². The summed E-state index contributed by atoms with van der Waals surface area (Å²) in [6.07, 6.45) is 0. The summed E-state index contributed by atoms with van der Waals surface area (Å²) in [5.74, 6) is 0.000323. The average molecular weight is 599 g/mol. The van der Waals surface area contributed by atoms with Crippen molar-refractivity contribution in [1.29, 1.82) is 0 Å². The number of hydrogen-bond acceptors (Lipinski definition) is 8. The molecular formula is C32H34N6O2S2. The summed E-state index contributed by atoms with van der Waals surface area (Å²) in [6, 6.07) is 23.5. The molecule has 0 saturated heterocycles. The molecule has 4 aromatic rings. The van der Waals surface area contributed by atoms with Crippen molar-refractivity contribution >= 4 is 80.8 Å². The SMILES string of the molecule is CC(=O)N1c2ccc(N(C)C)cc2Sc2cc(N(C)C)ccc21.CC(=O)N1c2ccc(N)cc2Sc2cc(N)ccc21. The molecule has 8 nitrogen and oxygen atoms in total. The highest BCUT2D eigenvalue weighted by Crippen LogP contribution is 2.51. The lowest BCUT2D eigenvalue weighted by molar-refractivity contribution is -0.116. The third-order valence-corrected chi connectivity index (χ3v) is 9.11. The molecule has 2 amide bonds. The Morgan fingerprint density at radius 3 is 1.17 bits per heavy atom. The van der Waals surface area contributed by atoms with E-state index in [4.69, 9.17) is 11.5 Å². The maximum atomic E-state index is 12.3. The lowest BCUT2D eigenvalue weighted by Gasteiger charge is -2.32. The van der Waals surface area contributed by atoms with Crippen LogP contribution in [0.4, 0.5) is 45.5 Å². The summed E-state index contributed by atoms with van der Waals surface area (Å²) in [4.78, 5) is 36.0. The van der Waals surface area contributed by atoms with Gasteiger partial charge in [0.15, 0.2) is 0 Å². The first-order valence-corrected chi connectivity index (χ1v) is 15.0. The van der Waals surface area contributed by atoms with Crippen molar-refractivity contribution < 1.29 is 9.59 Å². The Hall–Kier alpha value is -4.28. The molecule has 0 spiro atoms. The van der Waals surface area contributed by atoms with E-state index in [1.165, 1.54) is 0 Å². The fourth-order valence-electron chi connectivity index (χ4n) is 4.86. The quantitative estimate of drug-likeness (QED) is 0.239. The van der Waals surface area contributed by atoms with Crippen molar-refractivity contribution in [1.82, 2.24) is 0 Å². The van der Waals surface area contributed by atoms with Crippen molar-refractivity contribution in [2.75, 3.05) is 59.3 Å². The summed E-state index contributed by atoms with van der Waals surface area (Å²) < 4.78 is 0. The fourth-order valence-corrected chi connectivity index (χ4v) is 7.14. The number of anilines is 8. The Morgan fingerprint density at radius 2 is 0.857 bits per heavy atom. The van der Waals surface area contributed by atoms with Gasteiger partial charge < -0.3 is 21.3 Å². The van der Waals surface area contributed by atoms with E-state index in [-0.39, 0.29) is 11.8 Å². The Balaban J connectivity index is 0.000000171. The average Bonchev–Trinajstić information content (AvgIpc) is 2.93. The van der Waals surface area contributed by atoms with E-state index in [9.17, 15) is 9.59 Å². The van der Waals surface area contributed by atoms with Gasteiger partial charge in [-0.1, -0.05) is 23.5 Å². The van der Waals surface area contributed by atoms with E-state index in [1.807, 2.05) is 64.6 Å². The van der Waals surface area contributed by atoms with Crippen LogP contribution in [-0.2, 0) is 9.59 Å². The molecule has 0 radical (unpaired) electrons. The fraction of sp³-hybridized carbons (Fsp3) is 0.188. The number of nitrogens with two attached hydrogens (primary N) is 2. The van der Waals surface area contributed by atoms with Crippen LogP contribution in [0.2, 0.25) is 0 Å². The minimum absolute atomic E-state index is 0.0302. The molecule has 4 N–H and O–H groups in total. The monoisotopic (exact) mass is 598 g/mol. The van der Waals surface area contributed by atoms with Gasteiger partial charge in [0.25, 0.3) is 0 Å². The zero-order chi connectivity index (χ0) is 30.3. The van der Waals surface area contributed by atoms with Gasteiger partial charge in [-0.2, -0.15) is 0 Å². The van der Waals surface area contributed by atoms with Gasteiger partial charge in [-0.15, -0.1) is 0 Å². The lowest BCUT2D eigenvalue weighted by Crippen LogP contribution is -2.26. The first-order valence-electron chi connectivity index (χ1n) is 13.3. The molecule has 2 aliphatic heterocycles. The number of nitrogen functional groups attached to an aromatic ring is 2. The van der Waals surface area contributed by atoms with Gasteiger partial charge in [-0.05, 0) is 72.8 Å². The van der Waals surface area contributed by atoms with Gasteiger partial charge in [0.05, 0.1) is 22.7 Å². The number of amides is 2. The second-order valence-electron chi connectivity index (χ2n) is 10.5. The normalized spacial score (nSPS) is 12.6. The third-order valence-electron chi connectivity index (χ3n) is 6.92. The second-order valence-corrected chi connectivity index (χ2v) is 12.6. The van der Waals surface area contributed by atoms with E-state index in [0.717, 1.165) is 53.7 Å². The van der Waals surface area contributed by atoms with Crippen LogP contribution in [0.15, 0.2) is 92.4 Å². The van der Waals surface area contributed by atoms with Crippen LogP contribution in [0.3, 0.4) is 0 Å². The molecule has 0 aliphatic carbocycles. The predicted octanol–water partition coefficient (Wildman–Crippen LogP) is 6.97. The molecule has 42 heavy (non-hydrogen) atoms. The topological polar surface area (TPSA) is 99.1 Å². The Morgan fingerprint density at radius 1 is 0.548 bits per heavy atom. The largest absolute Gasteiger partial charge is 0.399 e. The summed E-state index contributed by atoms with van der Waals surface area (Å²) in [7, 11) is 8.10. The highest BCUT2D eigenvalue weighted by molar-refractivity contribution is 8.00. The molecule has 2 aliphatic rings. The molecular weight excluding hydrogens is 565 g/mol. The minimum atomic E-state index is -0.0302. The molecule has 216 valence electrons. The summed E-state index contributed by atoms with van der Waals surface area (Å²) >= 11 is 3.30. The van der Waals surface area contributed by atoms with Crippen molar-refractivity contribution in [3.05, 3.63) is 72.8 Å². The summed E-state index contributed by atoms with van der Waals surface area (Å²) in [6.45, 7) is 3.17. The molecule has 0 bridgehead atoms. The van der Waals surface area contributed by atoms with Gasteiger partial charge in [-0.25, -0.2) is 0 Å². The van der Waals surface area contributed by atoms with Gasteiger partial charge in [0, 0.05) is 84.4 Å². The standard InChI is InChI=1S/C18H21N3OS.C14H13N3OS/c1-12(22)21-15-8-6-13(19(2)3)10-17(15)23-18-11-14(20(4)5)7-9-16(18)21;1-8(18)17-11-4-2-9(15)6-13(11)19-14-7-10(16)3-5-12(14)17/h6-11H,1-5H3;2-7H,15-16H2,1H3. The summed E-state index contributed by atoms with van der Waals surface area (Å²) in [5, 5.41) is 0. The Kier molecular flexibility index (Phi) is 8.03. The van der Waals surface area contributed by atoms with E-state index in [2.05, 4.69) is 34.1 Å². The molecule has 0 aromatic heterocycles. The van der Waals surface area contributed by atoms with Crippen LogP contribution in [0.5, 0.6) is 0 Å². The third kappa shape index (κ3) is 5.60. The van der Waals surface area contributed by atoms with Crippen LogP contribution in [0, 0.1) is 0 Å². The maximum absolute atomic E-state index is 12.3. The summed E-state index contributed by atoms with van der Waals surface area (Å²) in [5.41, 5.74) is 18.9. The number of benzene rings is 4. The Bertz CT molecular complexity index is 1600. The van der Waals surface area contributed by atoms with E-state index < -0.39 is 0 Å². The van der Waals surface area contributed by atoms with Gasteiger partial charge in [-0.3, -0.25) is 19.4 Å². The highest BCUT2D eigenvalue weighted by Gasteiger charge is 2.28. The van der Waals surface area contributed by atoms with Crippen LogP contribution < -0.4 is 31.1 Å². The highest BCUT2D eigenvalue weighted by atomic mass is 32.2. The number of carbonyl (C=O) groups is 2. The molecule has 6 rings (SSSR count). The van der Waals surface area contributed by atoms with Crippen molar-refractivity contribution in [2.45, 2.75) is 33.4 Å². The zero-order valence-corrected chi connectivity index (χ0v) is 26.1. The van der Waals surface area contributed by atoms with Crippen molar-refractivity contribution in [3.63, 3.8) is 0 Å². The first-order chi connectivity index (χ1) is 19.9. The molecule has 0 saturated carbocycles. The van der Waals surface area contributed by atoms with Gasteiger partial charge in [0.2, 0.25) is 11.8 Å².